The lowest BCUT2D eigenvalue weighted by molar-refractivity contribution is 0.176. The highest BCUT2D eigenvalue weighted by Gasteiger charge is 2.40. The fourth-order valence-electron chi connectivity index (χ4n) is 2.12. The fourth-order valence-corrected chi connectivity index (χ4v) is 2.12. The van der Waals surface area contributed by atoms with Gasteiger partial charge in [0.15, 0.2) is 0 Å². The Morgan fingerprint density at radius 3 is 2.29 bits per heavy atom. The molecule has 3 atom stereocenters. The lowest BCUT2D eigenvalue weighted by Gasteiger charge is -2.40. The Morgan fingerprint density at radius 1 is 1.07 bits per heavy atom. The summed E-state index contributed by atoms with van der Waals surface area (Å²) >= 11 is 0. The molecule has 0 radical (unpaired) electrons. The number of piperazine rings is 1. The number of hydrogen-bond donors (Lipinski definition) is 6. The van der Waals surface area contributed by atoms with Gasteiger partial charge >= 0.3 is 0 Å². The predicted molar refractivity (Wildman–Crippen MR) is 55.6 cm³/mol. The van der Waals surface area contributed by atoms with Crippen LogP contribution in [0.3, 0.4) is 0 Å². The largest absolute Gasteiger partial charge is 0.329 e. The maximum atomic E-state index is 5.64. The average Bonchev–Trinajstić information content (AvgIpc) is 2.61. The van der Waals surface area contributed by atoms with Crippen LogP contribution in [0.5, 0.6) is 0 Å². The average molecular weight is 200 g/mol. The van der Waals surface area contributed by atoms with Gasteiger partial charge in [0.25, 0.3) is 0 Å². The van der Waals surface area contributed by atoms with Crippen molar-refractivity contribution >= 4 is 0 Å². The SMILES string of the molecule is NCC1CNCC2(NCC(CN)N2)N1. The second-order valence-electron chi connectivity index (χ2n) is 4.07. The molecule has 2 rings (SSSR count). The molecule has 14 heavy (non-hydrogen) atoms. The summed E-state index contributed by atoms with van der Waals surface area (Å²) in [6, 6.07) is 0.668. The van der Waals surface area contributed by atoms with Crippen LogP contribution in [0.4, 0.5) is 0 Å². The van der Waals surface area contributed by atoms with E-state index in [4.69, 9.17) is 11.5 Å². The van der Waals surface area contributed by atoms with Crippen molar-refractivity contribution < 1.29 is 0 Å². The van der Waals surface area contributed by atoms with E-state index in [9.17, 15) is 0 Å². The summed E-state index contributed by atoms with van der Waals surface area (Å²) in [5.41, 5.74) is 11.3. The summed E-state index contributed by atoms with van der Waals surface area (Å²) in [4.78, 5) is 0. The number of nitrogens with one attached hydrogen (secondary N) is 4. The molecule has 1 spiro atoms. The molecule has 2 aliphatic rings. The van der Waals surface area contributed by atoms with Crippen LogP contribution < -0.4 is 32.7 Å². The molecule has 6 nitrogen and oxygen atoms in total. The Bertz CT molecular complexity index is 198. The molecule has 2 heterocycles. The summed E-state index contributed by atoms with van der Waals surface area (Å²) < 4.78 is 0. The van der Waals surface area contributed by atoms with Crippen LogP contribution in [-0.2, 0) is 0 Å². The van der Waals surface area contributed by atoms with Crippen molar-refractivity contribution in [2.45, 2.75) is 17.9 Å². The second kappa shape index (κ2) is 4.09. The van der Waals surface area contributed by atoms with Gasteiger partial charge in [-0.25, -0.2) is 0 Å². The highest BCUT2D eigenvalue weighted by atomic mass is 15.4. The van der Waals surface area contributed by atoms with E-state index in [2.05, 4.69) is 21.3 Å². The Balaban J connectivity index is 1.95. The van der Waals surface area contributed by atoms with Gasteiger partial charge in [-0.3, -0.25) is 16.0 Å². The van der Waals surface area contributed by atoms with Gasteiger partial charge in [0.1, 0.15) is 5.79 Å². The lowest BCUT2D eigenvalue weighted by Crippen LogP contribution is -2.74. The van der Waals surface area contributed by atoms with Crippen LogP contribution in [0, 0.1) is 0 Å². The first-order chi connectivity index (χ1) is 6.78. The van der Waals surface area contributed by atoms with Crippen molar-refractivity contribution in [3.05, 3.63) is 0 Å². The van der Waals surface area contributed by atoms with E-state index < -0.39 is 0 Å². The molecule has 0 bridgehead atoms. The molecule has 0 aromatic heterocycles. The molecule has 0 aromatic rings. The third kappa shape index (κ3) is 1.90. The predicted octanol–water partition coefficient (Wildman–Crippen LogP) is -3.32. The van der Waals surface area contributed by atoms with Crippen molar-refractivity contribution in [2.24, 2.45) is 11.5 Å². The van der Waals surface area contributed by atoms with Gasteiger partial charge in [0, 0.05) is 44.8 Å². The zero-order chi connectivity index (χ0) is 10.0. The molecule has 0 aromatic carbocycles. The van der Waals surface area contributed by atoms with Gasteiger partial charge in [0.2, 0.25) is 0 Å². The number of hydrogen-bond acceptors (Lipinski definition) is 6. The van der Waals surface area contributed by atoms with E-state index in [-0.39, 0.29) is 5.79 Å². The van der Waals surface area contributed by atoms with E-state index in [0.29, 0.717) is 25.2 Å². The topological polar surface area (TPSA) is 100 Å². The first-order valence-electron chi connectivity index (χ1n) is 5.19. The third-order valence-corrected chi connectivity index (χ3v) is 2.90. The molecular formula is C8H20N6. The molecule has 3 unspecified atom stereocenters. The Kier molecular flexibility index (Phi) is 3.01. The van der Waals surface area contributed by atoms with Crippen LogP contribution in [0.25, 0.3) is 0 Å². The molecule has 0 aliphatic carbocycles. The molecule has 0 saturated carbocycles. The highest BCUT2D eigenvalue weighted by Crippen LogP contribution is 2.08. The van der Waals surface area contributed by atoms with Gasteiger partial charge in [-0.2, -0.15) is 0 Å². The highest BCUT2D eigenvalue weighted by molar-refractivity contribution is 5.01. The van der Waals surface area contributed by atoms with E-state index in [0.717, 1.165) is 19.6 Å². The van der Waals surface area contributed by atoms with Crippen LogP contribution in [0.1, 0.15) is 0 Å². The third-order valence-electron chi connectivity index (χ3n) is 2.90. The van der Waals surface area contributed by atoms with Gasteiger partial charge in [0.05, 0.1) is 0 Å². The van der Waals surface area contributed by atoms with Crippen LogP contribution >= 0.6 is 0 Å². The summed E-state index contributed by atoms with van der Waals surface area (Å²) in [6.45, 7) is 3.99. The zero-order valence-corrected chi connectivity index (χ0v) is 8.34. The molecule has 8 N–H and O–H groups in total. The van der Waals surface area contributed by atoms with Crippen molar-refractivity contribution in [3.8, 4) is 0 Å². The quantitative estimate of drug-likeness (QED) is 0.279. The maximum Gasteiger partial charge on any atom is 0.137 e. The smallest absolute Gasteiger partial charge is 0.137 e. The van der Waals surface area contributed by atoms with Crippen LogP contribution in [-0.4, -0.2) is 50.6 Å². The molecule has 6 heteroatoms. The van der Waals surface area contributed by atoms with Crippen molar-refractivity contribution in [1.82, 2.24) is 21.3 Å². The molecule has 2 aliphatic heterocycles. The molecule has 0 amide bonds. The summed E-state index contributed by atoms with van der Waals surface area (Å²) in [5, 5.41) is 13.7. The van der Waals surface area contributed by atoms with E-state index in [1.165, 1.54) is 0 Å². The molecule has 2 fully saturated rings. The summed E-state index contributed by atoms with van der Waals surface area (Å²) in [5.74, 6) is -0.202. The van der Waals surface area contributed by atoms with Gasteiger partial charge < -0.3 is 16.8 Å². The summed E-state index contributed by atoms with van der Waals surface area (Å²) in [6.07, 6.45) is 0. The van der Waals surface area contributed by atoms with Crippen molar-refractivity contribution in [2.75, 3.05) is 32.7 Å². The van der Waals surface area contributed by atoms with Crippen LogP contribution in [0.2, 0.25) is 0 Å². The minimum atomic E-state index is -0.202. The Hall–Kier alpha value is -0.240. The second-order valence-corrected chi connectivity index (χ2v) is 4.07. The Labute approximate surface area is 84.2 Å². The van der Waals surface area contributed by atoms with Gasteiger partial charge in [-0.1, -0.05) is 0 Å². The van der Waals surface area contributed by atoms with Crippen molar-refractivity contribution in [3.63, 3.8) is 0 Å². The lowest BCUT2D eigenvalue weighted by atomic mass is 10.1. The fraction of sp³-hybridized carbons (Fsp3) is 1.00. The first kappa shape index (κ1) is 10.3. The minimum absolute atomic E-state index is 0.202. The normalized spacial score (nSPS) is 43.3. The maximum absolute atomic E-state index is 5.64. The minimum Gasteiger partial charge on any atom is -0.329 e. The Morgan fingerprint density at radius 2 is 1.71 bits per heavy atom. The van der Waals surface area contributed by atoms with Gasteiger partial charge in [-0.05, 0) is 0 Å². The van der Waals surface area contributed by atoms with E-state index >= 15 is 0 Å². The van der Waals surface area contributed by atoms with Gasteiger partial charge in [-0.15, -0.1) is 0 Å². The summed E-state index contributed by atoms with van der Waals surface area (Å²) in [7, 11) is 0. The molecule has 82 valence electrons. The standard InChI is InChI=1S/C8H20N6/c9-1-6-3-11-5-8(13-6)12-4-7(2-10)14-8/h6-7,11-14H,1-5,9-10H2. The van der Waals surface area contributed by atoms with Crippen LogP contribution in [0.15, 0.2) is 0 Å². The van der Waals surface area contributed by atoms with Crippen molar-refractivity contribution in [1.29, 1.82) is 0 Å². The number of nitrogens with two attached hydrogens (primary N) is 2. The van der Waals surface area contributed by atoms with E-state index in [1.54, 1.807) is 0 Å². The zero-order valence-electron chi connectivity index (χ0n) is 8.34. The number of rotatable bonds is 2. The van der Waals surface area contributed by atoms with E-state index in [1.807, 2.05) is 0 Å². The monoisotopic (exact) mass is 200 g/mol. The molecule has 2 saturated heterocycles. The first-order valence-corrected chi connectivity index (χ1v) is 5.19. The molecular weight excluding hydrogens is 180 g/mol.